The zero-order chi connectivity index (χ0) is 23.3. The number of aliphatic hydroxyl groups excluding tert-OH is 1. The van der Waals surface area contributed by atoms with E-state index in [-0.39, 0.29) is 12.6 Å². The maximum Gasteiger partial charge on any atom is 0.227 e. The minimum absolute atomic E-state index is 0.0641. The lowest BCUT2D eigenvalue weighted by molar-refractivity contribution is 0.0306. The van der Waals surface area contributed by atoms with Crippen LogP contribution in [0.1, 0.15) is 33.2 Å². The number of piperidine rings is 1. The molecule has 33 heavy (non-hydrogen) atoms. The van der Waals surface area contributed by atoms with Gasteiger partial charge in [0.25, 0.3) is 0 Å². The average molecular weight is 457 g/mol. The van der Waals surface area contributed by atoms with E-state index in [2.05, 4.69) is 39.0 Å². The third kappa shape index (κ3) is 4.18. The first-order valence-corrected chi connectivity index (χ1v) is 11.2. The summed E-state index contributed by atoms with van der Waals surface area (Å²) in [5.41, 5.74) is 0.242. The van der Waals surface area contributed by atoms with E-state index in [1.165, 1.54) is 0 Å². The van der Waals surface area contributed by atoms with Gasteiger partial charge in [0.15, 0.2) is 5.82 Å². The Morgan fingerprint density at radius 2 is 2.00 bits per heavy atom. The van der Waals surface area contributed by atoms with Crippen LogP contribution in [0.3, 0.4) is 0 Å². The summed E-state index contributed by atoms with van der Waals surface area (Å²) in [6.07, 6.45) is 1.50. The van der Waals surface area contributed by atoms with Gasteiger partial charge in [0.05, 0.1) is 29.2 Å². The first-order chi connectivity index (χ1) is 15.7. The number of alkyl halides is 1. The molecule has 0 spiro atoms. The summed E-state index contributed by atoms with van der Waals surface area (Å²) in [4.78, 5) is 17.1. The van der Waals surface area contributed by atoms with Crippen LogP contribution in [0.15, 0.2) is 24.5 Å². The van der Waals surface area contributed by atoms with Gasteiger partial charge < -0.3 is 25.3 Å². The van der Waals surface area contributed by atoms with Crippen LogP contribution in [-0.4, -0.2) is 79.0 Å². The molecule has 2 aliphatic heterocycles. The molecule has 2 atom stereocenters. The van der Waals surface area contributed by atoms with Gasteiger partial charge in [-0.05, 0) is 33.3 Å². The molecule has 0 unspecified atom stereocenters. The molecule has 3 aromatic rings. The smallest absolute Gasteiger partial charge is 0.227 e. The van der Waals surface area contributed by atoms with E-state index >= 15 is 0 Å². The quantitative estimate of drug-likeness (QED) is 0.530. The fourth-order valence-electron chi connectivity index (χ4n) is 4.41. The van der Waals surface area contributed by atoms with E-state index in [0.29, 0.717) is 43.6 Å². The topological polar surface area (TPSA) is 115 Å². The van der Waals surface area contributed by atoms with Gasteiger partial charge in [-0.15, -0.1) is 0 Å². The number of aliphatic hydroxyl groups is 2. The second kappa shape index (κ2) is 8.07. The first-order valence-electron chi connectivity index (χ1n) is 11.2. The minimum Gasteiger partial charge on any atom is -0.390 e. The van der Waals surface area contributed by atoms with Crippen molar-refractivity contribution in [2.45, 2.75) is 51.1 Å². The molecule has 0 amide bonds. The van der Waals surface area contributed by atoms with Crippen molar-refractivity contribution in [3.63, 3.8) is 0 Å². The van der Waals surface area contributed by atoms with Crippen LogP contribution in [0, 0.1) is 0 Å². The summed E-state index contributed by atoms with van der Waals surface area (Å²) < 4.78 is 15.9. The standard InChI is InChI=1S/C22H29FN8O2/c1-13(2)31-16-8-19(25-9-14(16)20(28-31)30-11-22(3,33)12-30)26-18-4-6-24-21(27-18)29-7-5-17(32)15(23)10-29/h4,6,8-9,13,15,17,32-33H,5,7,10-12H2,1-3H3,(H,24,25,26,27)/t15-,17+/m1/s1. The molecule has 3 aromatic heterocycles. The molecule has 5 rings (SSSR count). The maximum absolute atomic E-state index is 13.9. The molecule has 2 saturated heterocycles. The fourth-order valence-corrected chi connectivity index (χ4v) is 4.41. The molecule has 5 heterocycles. The Labute approximate surface area is 191 Å². The number of pyridine rings is 1. The van der Waals surface area contributed by atoms with Gasteiger partial charge >= 0.3 is 0 Å². The summed E-state index contributed by atoms with van der Waals surface area (Å²) in [7, 11) is 0. The molecule has 3 N–H and O–H groups in total. The number of fused-ring (bicyclic) bond motifs is 1. The van der Waals surface area contributed by atoms with Crippen molar-refractivity contribution in [2.75, 3.05) is 41.3 Å². The summed E-state index contributed by atoms with van der Waals surface area (Å²) in [6, 6.07) is 3.81. The van der Waals surface area contributed by atoms with Crippen molar-refractivity contribution in [3.8, 4) is 0 Å². The van der Waals surface area contributed by atoms with Crippen molar-refractivity contribution in [2.24, 2.45) is 0 Å². The molecular formula is C22H29FN8O2. The predicted octanol–water partition coefficient (Wildman–Crippen LogP) is 2.03. The van der Waals surface area contributed by atoms with Crippen LogP contribution >= 0.6 is 0 Å². The molecule has 10 nitrogen and oxygen atoms in total. The van der Waals surface area contributed by atoms with Crippen LogP contribution < -0.4 is 15.1 Å². The lowest BCUT2D eigenvalue weighted by Crippen LogP contribution is -2.60. The van der Waals surface area contributed by atoms with Gasteiger partial charge in [-0.25, -0.2) is 14.4 Å². The molecule has 0 aliphatic carbocycles. The molecule has 0 saturated carbocycles. The second-order valence-corrected chi connectivity index (χ2v) is 9.49. The predicted molar refractivity (Wildman–Crippen MR) is 124 cm³/mol. The van der Waals surface area contributed by atoms with Crippen molar-refractivity contribution in [1.82, 2.24) is 24.7 Å². The number of anilines is 4. The summed E-state index contributed by atoms with van der Waals surface area (Å²) in [5, 5.41) is 28.7. The third-order valence-corrected chi connectivity index (χ3v) is 6.11. The third-order valence-electron chi connectivity index (χ3n) is 6.11. The monoisotopic (exact) mass is 456 g/mol. The lowest BCUT2D eigenvalue weighted by atomic mass is 9.97. The molecule has 0 aromatic carbocycles. The highest BCUT2D eigenvalue weighted by molar-refractivity contribution is 5.92. The van der Waals surface area contributed by atoms with E-state index in [0.717, 1.165) is 16.7 Å². The van der Waals surface area contributed by atoms with Crippen LogP contribution in [-0.2, 0) is 0 Å². The van der Waals surface area contributed by atoms with E-state index in [4.69, 9.17) is 5.10 Å². The fraction of sp³-hybridized carbons (Fsp3) is 0.545. The van der Waals surface area contributed by atoms with Gasteiger partial charge in [-0.1, -0.05) is 0 Å². The number of nitrogens with zero attached hydrogens (tertiary/aromatic N) is 7. The Morgan fingerprint density at radius 1 is 1.21 bits per heavy atom. The van der Waals surface area contributed by atoms with E-state index < -0.39 is 17.9 Å². The van der Waals surface area contributed by atoms with E-state index in [9.17, 15) is 14.6 Å². The van der Waals surface area contributed by atoms with Gasteiger partial charge in [0.1, 0.15) is 17.8 Å². The van der Waals surface area contributed by atoms with Crippen molar-refractivity contribution >= 4 is 34.3 Å². The Balaban J connectivity index is 1.40. The minimum atomic E-state index is -1.32. The Hall–Kier alpha value is -3.05. The number of hydrogen-bond acceptors (Lipinski definition) is 9. The molecular weight excluding hydrogens is 427 g/mol. The summed E-state index contributed by atoms with van der Waals surface area (Å²) >= 11 is 0. The summed E-state index contributed by atoms with van der Waals surface area (Å²) in [6.45, 7) is 7.59. The SMILES string of the molecule is CC(C)n1nc(N2CC(C)(O)C2)c2cnc(Nc3ccnc(N4CC[C@H](O)[C@H](F)C4)n3)cc21. The van der Waals surface area contributed by atoms with Gasteiger partial charge in [-0.3, -0.25) is 4.68 Å². The van der Waals surface area contributed by atoms with Crippen molar-refractivity contribution in [1.29, 1.82) is 0 Å². The average Bonchev–Trinajstić information content (AvgIpc) is 3.13. The molecule has 11 heteroatoms. The second-order valence-electron chi connectivity index (χ2n) is 9.49. The Morgan fingerprint density at radius 3 is 2.70 bits per heavy atom. The largest absolute Gasteiger partial charge is 0.390 e. The molecule has 0 radical (unpaired) electrons. The van der Waals surface area contributed by atoms with E-state index in [1.54, 1.807) is 23.4 Å². The maximum atomic E-state index is 13.9. The van der Waals surface area contributed by atoms with Crippen molar-refractivity contribution < 1.29 is 14.6 Å². The first kappa shape index (κ1) is 21.8. The molecule has 0 bridgehead atoms. The van der Waals surface area contributed by atoms with Crippen molar-refractivity contribution in [3.05, 3.63) is 24.5 Å². The van der Waals surface area contributed by atoms with Crippen LogP contribution in [0.25, 0.3) is 10.9 Å². The normalized spacial score (nSPS) is 22.6. The zero-order valence-corrected chi connectivity index (χ0v) is 19.0. The molecule has 176 valence electrons. The number of rotatable bonds is 5. The van der Waals surface area contributed by atoms with Gasteiger partial charge in [0.2, 0.25) is 5.95 Å². The highest BCUT2D eigenvalue weighted by atomic mass is 19.1. The highest BCUT2D eigenvalue weighted by Crippen LogP contribution is 2.34. The Bertz CT molecular complexity index is 1160. The number of hydrogen-bond donors (Lipinski definition) is 3. The molecule has 2 fully saturated rings. The zero-order valence-electron chi connectivity index (χ0n) is 19.0. The van der Waals surface area contributed by atoms with Crippen LogP contribution in [0.2, 0.25) is 0 Å². The Kier molecular flexibility index (Phi) is 5.32. The number of aromatic nitrogens is 5. The van der Waals surface area contributed by atoms with Crippen LogP contribution in [0.5, 0.6) is 0 Å². The highest BCUT2D eigenvalue weighted by Gasteiger charge is 2.39. The lowest BCUT2D eigenvalue weighted by Gasteiger charge is -2.44. The van der Waals surface area contributed by atoms with Gasteiger partial charge in [0, 0.05) is 44.1 Å². The van der Waals surface area contributed by atoms with Crippen LogP contribution in [0.4, 0.5) is 27.8 Å². The summed E-state index contributed by atoms with van der Waals surface area (Å²) in [5.74, 6) is 2.38. The van der Waals surface area contributed by atoms with Gasteiger partial charge in [-0.2, -0.15) is 10.1 Å². The molecule has 2 aliphatic rings. The number of nitrogens with one attached hydrogen (secondary N) is 1. The number of halogens is 1. The van der Waals surface area contributed by atoms with E-state index in [1.807, 2.05) is 17.7 Å². The number of β-amino-alcohol motifs (C(OH)–C–C–N with tert-alkyl or cyclic N) is 1.